The molecule has 0 amide bonds. The van der Waals surface area contributed by atoms with Crippen molar-refractivity contribution < 1.29 is 9.90 Å². The lowest BCUT2D eigenvalue weighted by molar-refractivity contribution is 0.0697. The van der Waals surface area contributed by atoms with Gasteiger partial charge in [0.15, 0.2) is 0 Å². The van der Waals surface area contributed by atoms with Gasteiger partial charge in [-0.2, -0.15) is 0 Å². The quantitative estimate of drug-likeness (QED) is 0.787. The van der Waals surface area contributed by atoms with Crippen LogP contribution in [0.3, 0.4) is 0 Å². The molecule has 0 atom stereocenters. The number of thiophene rings is 1. The Labute approximate surface area is 92.9 Å². The van der Waals surface area contributed by atoms with Crippen LogP contribution in [0, 0.1) is 0 Å². The van der Waals surface area contributed by atoms with E-state index < -0.39 is 5.97 Å². The first-order valence-corrected chi connectivity index (χ1v) is 5.14. The number of rotatable bonds is 1. The molecule has 0 aromatic carbocycles. The first-order valence-electron chi connectivity index (χ1n) is 3.57. The maximum Gasteiger partial charge on any atom is 0.338 e. The summed E-state index contributed by atoms with van der Waals surface area (Å²) in [5.41, 5.74) is 0.618. The van der Waals surface area contributed by atoms with Crippen molar-refractivity contribution in [3.63, 3.8) is 0 Å². The van der Waals surface area contributed by atoms with Gasteiger partial charge in [0.2, 0.25) is 0 Å². The zero-order chi connectivity index (χ0) is 10.3. The van der Waals surface area contributed by atoms with E-state index in [-0.39, 0.29) is 10.7 Å². The van der Waals surface area contributed by atoms with Gasteiger partial charge in [-0.1, -0.05) is 23.2 Å². The molecule has 3 nitrogen and oxygen atoms in total. The number of pyridine rings is 1. The first kappa shape index (κ1) is 9.71. The van der Waals surface area contributed by atoms with Gasteiger partial charge >= 0.3 is 5.97 Å². The Morgan fingerprint density at radius 1 is 1.43 bits per heavy atom. The van der Waals surface area contributed by atoms with Gasteiger partial charge in [0, 0.05) is 0 Å². The van der Waals surface area contributed by atoms with Crippen LogP contribution in [0.5, 0.6) is 0 Å². The molecule has 0 aliphatic heterocycles. The Bertz CT molecular complexity index is 523. The van der Waals surface area contributed by atoms with Gasteiger partial charge < -0.3 is 5.11 Å². The topological polar surface area (TPSA) is 50.2 Å². The molecule has 0 bridgehead atoms. The van der Waals surface area contributed by atoms with Gasteiger partial charge in [-0.3, -0.25) is 0 Å². The average molecular weight is 248 g/mol. The van der Waals surface area contributed by atoms with Gasteiger partial charge in [0.05, 0.1) is 20.1 Å². The predicted molar refractivity (Wildman–Crippen MR) is 56.6 cm³/mol. The number of nitrogens with zero attached hydrogens (tertiary/aromatic N) is 1. The van der Waals surface area contributed by atoms with E-state index in [0.29, 0.717) is 9.85 Å². The Hall–Kier alpha value is -0.840. The molecule has 6 heteroatoms. The molecular formula is C8H3Cl2NO2S. The number of carboxylic acid groups (broad SMARTS) is 1. The number of hydrogen-bond acceptors (Lipinski definition) is 3. The van der Waals surface area contributed by atoms with Crippen molar-refractivity contribution in [3.8, 4) is 0 Å². The van der Waals surface area contributed by atoms with Gasteiger partial charge in [-0.15, -0.1) is 11.3 Å². The largest absolute Gasteiger partial charge is 0.478 e. The summed E-state index contributed by atoms with van der Waals surface area (Å²) in [6.45, 7) is 0. The molecule has 2 heterocycles. The minimum atomic E-state index is -1.09. The molecule has 14 heavy (non-hydrogen) atoms. The lowest BCUT2D eigenvalue weighted by Crippen LogP contribution is -1.98. The molecule has 0 aliphatic carbocycles. The first-order chi connectivity index (χ1) is 6.58. The third-order valence-electron chi connectivity index (χ3n) is 1.66. The number of halogens is 2. The Morgan fingerprint density at radius 2 is 2.14 bits per heavy atom. The fourth-order valence-corrected chi connectivity index (χ4v) is 2.41. The Balaban J connectivity index is 2.76. The van der Waals surface area contributed by atoms with E-state index in [1.54, 1.807) is 6.07 Å². The van der Waals surface area contributed by atoms with Crippen LogP contribution in [0.25, 0.3) is 10.2 Å². The van der Waals surface area contributed by atoms with E-state index in [0.717, 1.165) is 4.70 Å². The monoisotopic (exact) mass is 247 g/mol. The van der Waals surface area contributed by atoms with Crippen LogP contribution in [0.15, 0.2) is 12.1 Å². The summed E-state index contributed by atoms with van der Waals surface area (Å²) in [6, 6.07) is 3.13. The van der Waals surface area contributed by atoms with Crippen LogP contribution in [-0.4, -0.2) is 16.1 Å². The highest BCUT2D eigenvalue weighted by Crippen LogP contribution is 2.30. The third-order valence-corrected chi connectivity index (χ3v) is 3.15. The zero-order valence-electron chi connectivity index (χ0n) is 6.62. The van der Waals surface area contributed by atoms with Gasteiger partial charge in [-0.05, 0) is 12.1 Å². The van der Waals surface area contributed by atoms with Crippen LogP contribution in [0.2, 0.25) is 9.49 Å². The van der Waals surface area contributed by atoms with Crippen molar-refractivity contribution in [2.45, 2.75) is 0 Å². The number of hydrogen-bond donors (Lipinski definition) is 1. The lowest BCUT2D eigenvalue weighted by atomic mass is 10.3. The lowest BCUT2D eigenvalue weighted by Gasteiger charge is -1.96. The van der Waals surface area contributed by atoms with Crippen LogP contribution < -0.4 is 0 Å². The van der Waals surface area contributed by atoms with E-state index in [9.17, 15) is 4.79 Å². The highest BCUT2D eigenvalue weighted by atomic mass is 35.5. The number of aromatic carboxylic acids is 1. The number of aromatic nitrogens is 1. The normalized spacial score (nSPS) is 10.7. The number of fused-ring (bicyclic) bond motifs is 1. The van der Waals surface area contributed by atoms with E-state index in [1.165, 1.54) is 17.4 Å². The molecule has 0 saturated carbocycles. The van der Waals surface area contributed by atoms with Crippen LogP contribution in [-0.2, 0) is 0 Å². The number of carbonyl (C=O) groups is 1. The number of carboxylic acids is 1. The van der Waals surface area contributed by atoms with Crippen molar-refractivity contribution in [2.24, 2.45) is 0 Å². The standard InChI is InChI=1S/C8H3Cl2NO2S/c9-6-2-4-5(14-6)1-3(8(12)13)7(10)11-4/h1-2H,(H,12,13). The molecule has 0 fully saturated rings. The van der Waals surface area contributed by atoms with Crippen LogP contribution >= 0.6 is 34.5 Å². The summed E-state index contributed by atoms with van der Waals surface area (Å²) in [7, 11) is 0. The molecule has 0 unspecified atom stereocenters. The molecule has 0 saturated heterocycles. The molecule has 0 radical (unpaired) electrons. The maximum atomic E-state index is 10.7. The summed E-state index contributed by atoms with van der Waals surface area (Å²) >= 11 is 12.7. The minimum absolute atomic E-state index is 0.00215. The van der Waals surface area contributed by atoms with Crippen LogP contribution in [0.4, 0.5) is 0 Å². The molecule has 0 aliphatic rings. The van der Waals surface area contributed by atoms with Crippen molar-refractivity contribution in [1.29, 1.82) is 0 Å². The van der Waals surface area contributed by atoms with Crippen molar-refractivity contribution in [3.05, 3.63) is 27.2 Å². The second kappa shape index (κ2) is 3.38. The predicted octanol–water partition coefficient (Wildman–Crippen LogP) is 3.30. The van der Waals surface area contributed by atoms with E-state index in [1.807, 2.05) is 0 Å². The van der Waals surface area contributed by atoms with Crippen molar-refractivity contribution in [2.75, 3.05) is 0 Å². The molecule has 2 rings (SSSR count). The summed E-state index contributed by atoms with van der Waals surface area (Å²) in [5.74, 6) is -1.09. The Kier molecular flexibility index (Phi) is 2.34. The highest BCUT2D eigenvalue weighted by Gasteiger charge is 2.12. The van der Waals surface area contributed by atoms with Crippen molar-refractivity contribution >= 4 is 50.7 Å². The van der Waals surface area contributed by atoms with Crippen LogP contribution in [0.1, 0.15) is 10.4 Å². The Morgan fingerprint density at radius 3 is 2.79 bits per heavy atom. The van der Waals surface area contributed by atoms with Crippen molar-refractivity contribution in [1.82, 2.24) is 4.98 Å². The van der Waals surface area contributed by atoms with Gasteiger partial charge in [0.1, 0.15) is 5.15 Å². The molecule has 2 aromatic heterocycles. The average Bonchev–Trinajstić information content (AvgIpc) is 2.42. The van der Waals surface area contributed by atoms with E-state index in [4.69, 9.17) is 28.3 Å². The summed E-state index contributed by atoms with van der Waals surface area (Å²) in [6.07, 6.45) is 0. The van der Waals surface area contributed by atoms with E-state index in [2.05, 4.69) is 4.98 Å². The summed E-state index contributed by atoms with van der Waals surface area (Å²) in [5, 5.41) is 8.76. The second-order valence-corrected chi connectivity index (χ2v) is 4.64. The molecule has 2 aromatic rings. The third kappa shape index (κ3) is 1.56. The summed E-state index contributed by atoms with van der Waals surface area (Å²) in [4.78, 5) is 14.6. The fraction of sp³-hybridized carbons (Fsp3) is 0. The molecule has 72 valence electrons. The second-order valence-electron chi connectivity index (χ2n) is 2.57. The van der Waals surface area contributed by atoms with E-state index >= 15 is 0 Å². The SMILES string of the molecule is O=C(O)c1cc2sc(Cl)cc2nc1Cl. The minimum Gasteiger partial charge on any atom is -0.478 e. The maximum absolute atomic E-state index is 10.7. The van der Waals surface area contributed by atoms with Gasteiger partial charge in [-0.25, -0.2) is 9.78 Å². The summed E-state index contributed by atoms with van der Waals surface area (Å²) < 4.78 is 1.28. The fourth-order valence-electron chi connectivity index (χ4n) is 1.06. The zero-order valence-corrected chi connectivity index (χ0v) is 8.95. The smallest absolute Gasteiger partial charge is 0.338 e. The molecule has 1 N–H and O–H groups in total. The molecular weight excluding hydrogens is 245 g/mol. The van der Waals surface area contributed by atoms with Gasteiger partial charge in [0.25, 0.3) is 0 Å². The highest BCUT2D eigenvalue weighted by molar-refractivity contribution is 7.22. The molecule has 0 spiro atoms.